The Morgan fingerprint density at radius 3 is 2.38 bits per heavy atom. The van der Waals surface area contributed by atoms with Crippen LogP contribution in [0.3, 0.4) is 0 Å². The molecule has 2 aromatic carbocycles. The maximum atomic E-state index is 12.9. The average Bonchev–Trinajstić information content (AvgIpc) is 2.84. The number of aromatic nitrogens is 2. The SMILES string of the molecule is COc1ccc(Cl)cc1S(=O)(=O)Nc1ccc(C(=O)N2CCN(c3nccc(Cl)n3)CC2)cc1. The highest BCUT2D eigenvalue weighted by atomic mass is 35.5. The lowest BCUT2D eigenvalue weighted by Crippen LogP contribution is -2.49. The van der Waals surface area contributed by atoms with Crippen LogP contribution in [-0.4, -0.2) is 62.5 Å². The van der Waals surface area contributed by atoms with Crippen molar-refractivity contribution in [2.24, 2.45) is 0 Å². The number of rotatable bonds is 6. The molecule has 0 atom stereocenters. The molecule has 1 fully saturated rings. The second kappa shape index (κ2) is 10.0. The Bertz CT molecular complexity index is 1300. The number of benzene rings is 2. The van der Waals surface area contributed by atoms with E-state index in [1.807, 2.05) is 4.90 Å². The number of carbonyl (C=O) groups is 1. The molecule has 1 saturated heterocycles. The topological polar surface area (TPSA) is 105 Å². The van der Waals surface area contributed by atoms with E-state index in [-0.39, 0.29) is 21.6 Å². The van der Waals surface area contributed by atoms with E-state index in [0.29, 0.717) is 48.5 Å². The monoisotopic (exact) mass is 521 g/mol. The zero-order valence-corrected chi connectivity index (χ0v) is 20.4. The van der Waals surface area contributed by atoms with Crippen LogP contribution in [0.1, 0.15) is 10.4 Å². The van der Waals surface area contributed by atoms with Crippen molar-refractivity contribution in [3.8, 4) is 5.75 Å². The van der Waals surface area contributed by atoms with Gasteiger partial charge in [-0.3, -0.25) is 9.52 Å². The van der Waals surface area contributed by atoms with Crippen LogP contribution < -0.4 is 14.4 Å². The summed E-state index contributed by atoms with van der Waals surface area (Å²) in [5.41, 5.74) is 0.761. The molecule has 1 aliphatic heterocycles. The van der Waals surface area contributed by atoms with Gasteiger partial charge in [-0.25, -0.2) is 18.4 Å². The molecule has 1 aliphatic rings. The van der Waals surface area contributed by atoms with Gasteiger partial charge < -0.3 is 14.5 Å². The number of halogens is 2. The number of ether oxygens (including phenoxy) is 1. The first-order valence-corrected chi connectivity index (χ1v) is 12.5. The number of piperazine rings is 1. The summed E-state index contributed by atoms with van der Waals surface area (Å²) in [5.74, 6) is 0.566. The lowest BCUT2D eigenvalue weighted by Gasteiger charge is -2.34. The van der Waals surface area contributed by atoms with E-state index in [4.69, 9.17) is 27.9 Å². The number of hydrogen-bond acceptors (Lipinski definition) is 7. The molecular weight excluding hydrogens is 501 g/mol. The zero-order chi connectivity index (χ0) is 24.3. The second-order valence-electron chi connectivity index (χ2n) is 7.44. The van der Waals surface area contributed by atoms with Gasteiger partial charge in [-0.15, -0.1) is 0 Å². The smallest absolute Gasteiger partial charge is 0.265 e. The number of hydrogen-bond donors (Lipinski definition) is 1. The van der Waals surface area contributed by atoms with E-state index in [1.165, 1.54) is 31.4 Å². The maximum absolute atomic E-state index is 12.9. The molecule has 0 bridgehead atoms. The molecule has 9 nitrogen and oxygen atoms in total. The van der Waals surface area contributed by atoms with E-state index in [9.17, 15) is 13.2 Å². The largest absolute Gasteiger partial charge is 0.495 e. The number of amides is 1. The van der Waals surface area contributed by atoms with Gasteiger partial charge >= 0.3 is 0 Å². The number of sulfonamides is 1. The molecule has 12 heteroatoms. The number of nitrogens with one attached hydrogen (secondary N) is 1. The van der Waals surface area contributed by atoms with Crippen molar-refractivity contribution in [1.82, 2.24) is 14.9 Å². The Labute approximate surface area is 207 Å². The summed E-state index contributed by atoms with van der Waals surface area (Å²) in [4.78, 5) is 25.0. The van der Waals surface area contributed by atoms with Crippen LogP contribution in [0, 0.1) is 0 Å². The molecule has 0 saturated carbocycles. The standard InChI is InChI=1S/C22H21Cl2N5O4S/c1-33-18-7-4-16(23)14-19(18)34(31,32)27-17-5-2-15(3-6-17)21(30)28-10-12-29(13-11-28)22-25-9-8-20(24)26-22/h2-9,14,27H,10-13H2,1H3. The van der Waals surface area contributed by atoms with Crippen LogP contribution in [0.4, 0.5) is 11.6 Å². The Morgan fingerprint density at radius 1 is 1.03 bits per heavy atom. The zero-order valence-electron chi connectivity index (χ0n) is 18.1. The van der Waals surface area contributed by atoms with Crippen molar-refractivity contribution in [3.63, 3.8) is 0 Å². The molecule has 0 aliphatic carbocycles. The first-order valence-electron chi connectivity index (χ1n) is 10.3. The number of anilines is 2. The molecule has 0 radical (unpaired) electrons. The highest BCUT2D eigenvalue weighted by molar-refractivity contribution is 7.92. The van der Waals surface area contributed by atoms with Gasteiger partial charge in [0.1, 0.15) is 15.8 Å². The van der Waals surface area contributed by atoms with Crippen LogP contribution in [0.2, 0.25) is 10.2 Å². The minimum Gasteiger partial charge on any atom is -0.495 e. The molecule has 0 unspecified atom stereocenters. The van der Waals surface area contributed by atoms with E-state index < -0.39 is 10.0 Å². The Balaban J connectivity index is 1.41. The molecule has 2 heterocycles. The Morgan fingerprint density at radius 2 is 1.74 bits per heavy atom. The third-order valence-electron chi connectivity index (χ3n) is 5.26. The number of nitrogens with zero attached hydrogens (tertiary/aromatic N) is 4. The molecular formula is C22H21Cl2N5O4S. The predicted molar refractivity (Wildman–Crippen MR) is 130 cm³/mol. The second-order valence-corrected chi connectivity index (χ2v) is 9.91. The highest BCUT2D eigenvalue weighted by Gasteiger charge is 2.24. The van der Waals surface area contributed by atoms with Gasteiger partial charge in [0.25, 0.3) is 15.9 Å². The van der Waals surface area contributed by atoms with Crippen LogP contribution >= 0.6 is 23.2 Å². The van der Waals surface area contributed by atoms with E-state index in [2.05, 4.69) is 14.7 Å². The van der Waals surface area contributed by atoms with Gasteiger partial charge in [0.2, 0.25) is 5.95 Å². The fraction of sp³-hybridized carbons (Fsp3) is 0.227. The summed E-state index contributed by atoms with van der Waals surface area (Å²) in [5, 5.41) is 0.636. The normalized spacial score (nSPS) is 14.1. The van der Waals surface area contributed by atoms with Crippen LogP contribution in [-0.2, 0) is 10.0 Å². The van der Waals surface area contributed by atoms with Crippen LogP contribution in [0.15, 0.2) is 59.6 Å². The number of methoxy groups -OCH3 is 1. The molecule has 3 aromatic rings. The van der Waals surface area contributed by atoms with E-state index in [0.717, 1.165) is 0 Å². The van der Waals surface area contributed by atoms with Crippen molar-refractivity contribution in [2.75, 3.05) is 42.9 Å². The van der Waals surface area contributed by atoms with Crippen molar-refractivity contribution in [3.05, 3.63) is 70.5 Å². The first-order chi connectivity index (χ1) is 16.3. The van der Waals surface area contributed by atoms with Gasteiger partial charge in [0.15, 0.2) is 0 Å². The van der Waals surface area contributed by atoms with Gasteiger partial charge in [-0.2, -0.15) is 0 Å². The summed E-state index contributed by atoms with van der Waals surface area (Å²) < 4.78 is 33.3. The molecule has 34 heavy (non-hydrogen) atoms. The lowest BCUT2D eigenvalue weighted by molar-refractivity contribution is 0.0746. The molecule has 178 valence electrons. The van der Waals surface area contributed by atoms with Crippen molar-refractivity contribution in [2.45, 2.75) is 4.90 Å². The summed E-state index contributed by atoms with van der Waals surface area (Å²) in [6.45, 7) is 2.15. The quantitative estimate of drug-likeness (QED) is 0.494. The highest BCUT2D eigenvalue weighted by Crippen LogP contribution is 2.29. The van der Waals surface area contributed by atoms with Crippen LogP contribution in [0.5, 0.6) is 5.75 Å². The van der Waals surface area contributed by atoms with Crippen molar-refractivity contribution in [1.29, 1.82) is 0 Å². The number of carbonyl (C=O) groups excluding carboxylic acids is 1. The third kappa shape index (κ3) is 5.35. The summed E-state index contributed by atoms with van der Waals surface area (Å²) in [7, 11) is -2.57. The minimum absolute atomic E-state index is 0.0794. The van der Waals surface area contributed by atoms with Gasteiger partial charge in [0.05, 0.1) is 7.11 Å². The lowest BCUT2D eigenvalue weighted by atomic mass is 10.1. The van der Waals surface area contributed by atoms with Gasteiger partial charge in [-0.1, -0.05) is 23.2 Å². The van der Waals surface area contributed by atoms with Crippen LogP contribution in [0.25, 0.3) is 0 Å². The van der Waals surface area contributed by atoms with Crippen molar-refractivity contribution < 1.29 is 17.9 Å². The Kier molecular flexibility index (Phi) is 7.11. The van der Waals surface area contributed by atoms with Crippen molar-refractivity contribution >= 4 is 50.8 Å². The third-order valence-corrected chi connectivity index (χ3v) is 7.11. The predicted octanol–water partition coefficient (Wildman–Crippen LogP) is 3.56. The van der Waals surface area contributed by atoms with Gasteiger partial charge in [-0.05, 0) is 48.5 Å². The first kappa shape index (κ1) is 24.1. The van der Waals surface area contributed by atoms with E-state index in [1.54, 1.807) is 35.4 Å². The fourth-order valence-electron chi connectivity index (χ4n) is 3.52. The summed E-state index contributed by atoms with van der Waals surface area (Å²) in [6.07, 6.45) is 1.60. The molecule has 1 N–H and O–H groups in total. The maximum Gasteiger partial charge on any atom is 0.265 e. The summed E-state index contributed by atoms with van der Waals surface area (Å²) >= 11 is 11.9. The average molecular weight is 522 g/mol. The molecule has 1 amide bonds. The minimum atomic E-state index is -3.95. The molecule has 4 rings (SSSR count). The Hall–Kier alpha value is -3.08. The van der Waals surface area contributed by atoms with Gasteiger partial charge in [0, 0.05) is 48.6 Å². The summed E-state index contributed by atoms with van der Waals surface area (Å²) in [6, 6.07) is 12.2. The molecule has 0 spiro atoms. The molecule has 1 aromatic heterocycles. The van der Waals surface area contributed by atoms with E-state index >= 15 is 0 Å². The fourth-order valence-corrected chi connectivity index (χ4v) is 5.15.